The Labute approximate surface area is 138 Å². The molecule has 2 aliphatic carbocycles. The number of aryl methyl sites for hydroxylation is 1. The highest BCUT2D eigenvalue weighted by Crippen LogP contribution is 2.58. The fourth-order valence-electron chi connectivity index (χ4n) is 4.81. The van der Waals surface area contributed by atoms with Gasteiger partial charge in [0.2, 0.25) is 0 Å². The van der Waals surface area contributed by atoms with Crippen molar-refractivity contribution in [3.05, 3.63) is 35.8 Å². The topological polar surface area (TPSA) is 50.4 Å². The third kappa shape index (κ3) is 2.64. The van der Waals surface area contributed by atoms with E-state index in [4.69, 9.17) is 4.42 Å². The molecule has 1 N–H and O–H groups in total. The maximum Gasteiger partial charge on any atom is 0.313 e. The first-order valence-corrected chi connectivity index (χ1v) is 8.83. The van der Waals surface area contributed by atoms with Gasteiger partial charge in [-0.1, -0.05) is 31.9 Å². The molecule has 0 bridgehead atoms. The molecule has 0 amide bonds. The number of carboxylic acid groups (broad SMARTS) is 1. The van der Waals surface area contributed by atoms with Crippen LogP contribution in [0.25, 0.3) is 0 Å². The molecule has 1 heterocycles. The standard InChI is InChI=1S/C20H28O3/c1-14-6-7-17-16(5-4-10-20(17,3)18(21)22)19(14,2)11-8-15-9-12-23-13-15/h7,9,12-14,16H,4-6,8,10-11H2,1-3H3,(H,21,22). The molecule has 126 valence electrons. The Hall–Kier alpha value is -1.51. The second kappa shape index (κ2) is 5.85. The molecule has 0 aromatic carbocycles. The van der Waals surface area contributed by atoms with Crippen molar-refractivity contribution in [1.82, 2.24) is 0 Å². The zero-order valence-electron chi connectivity index (χ0n) is 14.5. The fourth-order valence-corrected chi connectivity index (χ4v) is 4.81. The summed E-state index contributed by atoms with van der Waals surface area (Å²) in [6.07, 6.45) is 11.8. The van der Waals surface area contributed by atoms with Crippen LogP contribution < -0.4 is 0 Å². The van der Waals surface area contributed by atoms with Gasteiger partial charge in [-0.2, -0.15) is 0 Å². The van der Waals surface area contributed by atoms with Gasteiger partial charge in [0.05, 0.1) is 17.9 Å². The molecule has 0 radical (unpaired) electrons. The minimum atomic E-state index is -0.667. The number of fused-ring (bicyclic) bond motifs is 1. The number of carboxylic acids is 1. The molecule has 3 nitrogen and oxygen atoms in total. The van der Waals surface area contributed by atoms with Gasteiger partial charge in [0.1, 0.15) is 0 Å². The van der Waals surface area contributed by atoms with E-state index >= 15 is 0 Å². The van der Waals surface area contributed by atoms with Gasteiger partial charge < -0.3 is 9.52 Å². The number of aliphatic carboxylic acids is 1. The molecule has 0 saturated heterocycles. The lowest BCUT2D eigenvalue weighted by molar-refractivity contribution is -0.148. The zero-order chi connectivity index (χ0) is 16.7. The fraction of sp³-hybridized carbons (Fsp3) is 0.650. The average Bonchev–Trinajstić information content (AvgIpc) is 3.03. The second-order valence-electron chi connectivity index (χ2n) is 8.02. The Morgan fingerprint density at radius 1 is 1.43 bits per heavy atom. The van der Waals surface area contributed by atoms with Crippen molar-refractivity contribution in [2.24, 2.45) is 22.7 Å². The summed E-state index contributed by atoms with van der Waals surface area (Å²) in [4.78, 5) is 11.9. The summed E-state index contributed by atoms with van der Waals surface area (Å²) in [5, 5.41) is 9.80. The van der Waals surface area contributed by atoms with Gasteiger partial charge in [0, 0.05) is 0 Å². The number of furan rings is 1. The van der Waals surface area contributed by atoms with E-state index in [0.29, 0.717) is 11.8 Å². The highest BCUT2D eigenvalue weighted by atomic mass is 16.4. The van der Waals surface area contributed by atoms with Crippen LogP contribution in [0.2, 0.25) is 0 Å². The molecule has 4 unspecified atom stereocenters. The van der Waals surface area contributed by atoms with Gasteiger partial charge >= 0.3 is 5.97 Å². The van der Waals surface area contributed by atoms with Gasteiger partial charge in [0.25, 0.3) is 0 Å². The van der Waals surface area contributed by atoms with Crippen molar-refractivity contribution in [3.63, 3.8) is 0 Å². The number of hydrogen-bond acceptors (Lipinski definition) is 2. The van der Waals surface area contributed by atoms with Crippen LogP contribution in [-0.2, 0) is 11.2 Å². The quantitative estimate of drug-likeness (QED) is 0.788. The minimum Gasteiger partial charge on any atom is -0.481 e. The van der Waals surface area contributed by atoms with Crippen molar-refractivity contribution < 1.29 is 14.3 Å². The summed E-state index contributed by atoms with van der Waals surface area (Å²) in [5.41, 5.74) is 1.94. The van der Waals surface area contributed by atoms with Gasteiger partial charge in [-0.05, 0) is 67.9 Å². The molecule has 0 aliphatic heterocycles. The van der Waals surface area contributed by atoms with Crippen LogP contribution in [-0.4, -0.2) is 11.1 Å². The normalized spacial score (nSPS) is 37.1. The molecule has 3 rings (SSSR count). The number of allylic oxidation sites excluding steroid dienone is 1. The summed E-state index contributed by atoms with van der Waals surface area (Å²) < 4.78 is 5.20. The average molecular weight is 316 g/mol. The van der Waals surface area contributed by atoms with Crippen LogP contribution in [0.5, 0.6) is 0 Å². The Bertz CT molecular complexity index is 600. The van der Waals surface area contributed by atoms with E-state index in [0.717, 1.165) is 38.5 Å². The van der Waals surface area contributed by atoms with Gasteiger partial charge in [0.15, 0.2) is 0 Å². The molecule has 2 aliphatic rings. The number of rotatable bonds is 4. The molecule has 3 heteroatoms. The van der Waals surface area contributed by atoms with Crippen LogP contribution in [0.3, 0.4) is 0 Å². The Kier molecular flexibility index (Phi) is 4.16. The van der Waals surface area contributed by atoms with Gasteiger partial charge in [-0.15, -0.1) is 0 Å². The van der Waals surface area contributed by atoms with Gasteiger partial charge in [-0.3, -0.25) is 4.79 Å². The van der Waals surface area contributed by atoms with E-state index in [-0.39, 0.29) is 5.41 Å². The van der Waals surface area contributed by atoms with Crippen molar-refractivity contribution >= 4 is 5.97 Å². The first-order chi connectivity index (χ1) is 10.9. The third-order valence-electron chi connectivity index (χ3n) is 6.80. The molecule has 1 saturated carbocycles. The number of carbonyl (C=O) groups is 1. The molecular weight excluding hydrogens is 288 g/mol. The Morgan fingerprint density at radius 2 is 2.22 bits per heavy atom. The van der Waals surface area contributed by atoms with Crippen LogP contribution >= 0.6 is 0 Å². The largest absolute Gasteiger partial charge is 0.481 e. The van der Waals surface area contributed by atoms with E-state index in [2.05, 4.69) is 19.9 Å². The molecular formula is C20H28O3. The van der Waals surface area contributed by atoms with Crippen LogP contribution in [0.4, 0.5) is 0 Å². The summed E-state index contributed by atoms with van der Waals surface area (Å²) in [6.45, 7) is 6.64. The van der Waals surface area contributed by atoms with E-state index in [1.165, 1.54) is 11.1 Å². The summed E-state index contributed by atoms with van der Waals surface area (Å²) in [7, 11) is 0. The van der Waals surface area contributed by atoms with Crippen LogP contribution in [0.15, 0.2) is 34.7 Å². The Balaban J connectivity index is 1.88. The predicted molar refractivity (Wildman–Crippen MR) is 90.1 cm³/mol. The van der Waals surface area contributed by atoms with Crippen molar-refractivity contribution in [3.8, 4) is 0 Å². The minimum absolute atomic E-state index is 0.165. The van der Waals surface area contributed by atoms with Crippen molar-refractivity contribution in [2.45, 2.75) is 59.3 Å². The first-order valence-electron chi connectivity index (χ1n) is 8.83. The summed E-state index contributed by atoms with van der Waals surface area (Å²) in [6, 6.07) is 2.04. The van der Waals surface area contributed by atoms with E-state index in [1.807, 2.05) is 19.3 Å². The van der Waals surface area contributed by atoms with E-state index < -0.39 is 11.4 Å². The highest BCUT2D eigenvalue weighted by molar-refractivity contribution is 5.78. The first kappa shape index (κ1) is 16.4. The summed E-state index contributed by atoms with van der Waals surface area (Å²) in [5.74, 6) is 0.326. The van der Waals surface area contributed by atoms with Crippen LogP contribution in [0.1, 0.15) is 58.4 Å². The van der Waals surface area contributed by atoms with E-state index in [9.17, 15) is 9.90 Å². The highest BCUT2D eigenvalue weighted by Gasteiger charge is 2.52. The molecule has 1 aromatic heterocycles. The maximum absolute atomic E-state index is 11.9. The summed E-state index contributed by atoms with van der Waals surface area (Å²) >= 11 is 0. The molecule has 0 spiro atoms. The monoisotopic (exact) mass is 316 g/mol. The maximum atomic E-state index is 11.9. The van der Waals surface area contributed by atoms with Crippen molar-refractivity contribution in [1.29, 1.82) is 0 Å². The van der Waals surface area contributed by atoms with Gasteiger partial charge in [-0.25, -0.2) is 0 Å². The third-order valence-corrected chi connectivity index (χ3v) is 6.80. The zero-order valence-corrected chi connectivity index (χ0v) is 14.5. The van der Waals surface area contributed by atoms with Crippen molar-refractivity contribution in [2.75, 3.05) is 0 Å². The smallest absolute Gasteiger partial charge is 0.313 e. The molecule has 1 aromatic rings. The second-order valence-corrected chi connectivity index (χ2v) is 8.02. The number of hydrogen-bond donors (Lipinski definition) is 1. The molecule has 23 heavy (non-hydrogen) atoms. The Morgan fingerprint density at radius 3 is 2.87 bits per heavy atom. The predicted octanol–water partition coefficient (Wildman–Crippen LogP) is 5.08. The lowest BCUT2D eigenvalue weighted by Crippen LogP contribution is -2.47. The van der Waals surface area contributed by atoms with E-state index in [1.54, 1.807) is 6.26 Å². The lowest BCUT2D eigenvalue weighted by atomic mass is 9.51. The molecule has 4 atom stereocenters. The SMILES string of the molecule is CC1CC=C2C(CCCC2(C)C(=O)O)C1(C)CCc1ccoc1. The van der Waals surface area contributed by atoms with Crippen LogP contribution in [0, 0.1) is 22.7 Å². The molecule has 1 fully saturated rings. The lowest BCUT2D eigenvalue weighted by Gasteiger charge is -2.52.